The number of nitrogens with two attached hydrogens (primary N) is 2. The summed E-state index contributed by atoms with van der Waals surface area (Å²) < 4.78 is 0. The monoisotopic (exact) mass is 263 g/mol. The summed E-state index contributed by atoms with van der Waals surface area (Å²) in [5.41, 5.74) is 8.39. The van der Waals surface area contributed by atoms with Crippen LogP contribution in [0.2, 0.25) is 0 Å². The fourth-order valence-corrected chi connectivity index (χ4v) is 2.21. The first-order valence-electron chi connectivity index (χ1n) is 6.08. The van der Waals surface area contributed by atoms with Crippen LogP contribution in [0, 0.1) is 5.92 Å². The van der Waals surface area contributed by atoms with Crippen molar-refractivity contribution in [2.24, 2.45) is 17.5 Å². The highest BCUT2D eigenvalue weighted by Crippen LogP contribution is 2.17. The lowest BCUT2D eigenvalue weighted by Crippen LogP contribution is -2.31. The highest BCUT2D eigenvalue weighted by molar-refractivity contribution is 5.91. The number of carbonyl (C=O) groups excluding carboxylic acids is 2. The van der Waals surface area contributed by atoms with E-state index in [9.17, 15) is 9.59 Å². The molecule has 2 heterocycles. The van der Waals surface area contributed by atoms with E-state index in [0.717, 1.165) is 18.7 Å². The molecule has 1 aliphatic heterocycles. The van der Waals surface area contributed by atoms with Crippen molar-refractivity contribution >= 4 is 11.8 Å². The van der Waals surface area contributed by atoms with Crippen molar-refractivity contribution in [2.45, 2.75) is 13.0 Å². The van der Waals surface area contributed by atoms with E-state index in [1.807, 2.05) is 11.5 Å². The van der Waals surface area contributed by atoms with Gasteiger partial charge in [-0.2, -0.15) is 0 Å². The van der Waals surface area contributed by atoms with Crippen LogP contribution in [0.1, 0.15) is 22.6 Å². The van der Waals surface area contributed by atoms with Crippen LogP contribution in [0.3, 0.4) is 0 Å². The Kier molecular flexibility index (Phi) is 4.08. The molecule has 2 amide bonds. The first kappa shape index (κ1) is 13.4. The number of hydrogen-bond acceptors (Lipinski definition) is 5. The number of hydrazine groups is 1. The van der Waals surface area contributed by atoms with E-state index in [-0.39, 0.29) is 17.5 Å². The number of amides is 2. The molecule has 0 spiro atoms. The van der Waals surface area contributed by atoms with Crippen molar-refractivity contribution in [3.05, 3.63) is 29.6 Å². The lowest BCUT2D eigenvalue weighted by atomic mass is 10.1. The van der Waals surface area contributed by atoms with Gasteiger partial charge < -0.3 is 5.73 Å². The molecule has 1 aliphatic rings. The predicted octanol–water partition coefficient (Wildman–Crippen LogP) is -1.01. The van der Waals surface area contributed by atoms with Gasteiger partial charge in [-0.25, -0.2) is 10.8 Å². The number of nitrogens with zero attached hydrogens (tertiary/aromatic N) is 2. The maximum Gasteiger partial charge on any atom is 0.283 e. The molecule has 1 saturated heterocycles. The molecule has 0 aliphatic carbocycles. The molecular weight excluding hydrogens is 246 g/mol. The Morgan fingerprint density at radius 1 is 1.47 bits per heavy atom. The number of rotatable bonds is 4. The first-order chi connectivity index (χ1) is 9.10. The number of pyridine rings is 1. The van der Waals surface area contributed by atoms with Crippen LogP contribution < -0.4 is 17.0 Å². The molecule has 2 rings (SSSR count). The zero-order chi connectivity index (χ0) is 13.8. The number of nitrogens with one attached hydrogen (secondary N) is 1. The molecule has 0 radical (unpaired) electrons. The van der Waals surface area contributed by atoms with Crippen LogP contribution in [-0.2, 0) is 11.3 Å². The standard InChI is InChI=1S/C12H17N5O2/c13-11(18)8-4-5-17(6-8)7-9-2-1-3-10(15-9)12(19)16-14/h1-3,8H,4-7,14H2,(H2,13,18)(H,16,19). The fourth-order valence-electron chi connectivity index (χ4n) is 2.21. The van der Waals surface area contributed by atoms with Crippen molar-refractivity contribution in [1.82, 2.24) is 15.3 Å². The van der Waals surface area contributed by atoms with E-state index in [1.54, 1.807) is 12.1 Å². The Balaban J connectivity index is 2.00. The Labute approximate surface area is 110 Å². The van der Waals surface area contributed by atoms with Crippen molar-refractivity contribution in [3.63, 3.8) is 0 Å². The minimum absolute atomic E-state index is 0.0875. The average molecular weight is 263 g/mol. The van der Waals surface area contributed by atoms with Crippen LogP contribution >= 0.6 is 0 Å². The summed E-state index contributed by atoms with van der Waals surface area (Å²) in [4.78, 5) is 28.8. The Hall–Kier alpha value is -1.99. The lowest BCUT2D eigenvalue weighted by Gasteiger charge is -2.15. The Bertz CT molecular complexity index is 491. The SMILES string of the molecule is NNC(=O)c1cccc(CN2CCC(C(N)=O)C2)n1. The highest BCUT2D eigenvalue weighted by atomic mass is 16.2. The molecule has 5 N–H and O–H groups in total. The Morgan fingerprint density at radius 3 is 2.89 bits per heavy atom. The number of likely N-dealkylation sites (tertiary alicyclic amines) is 1. The van der Waals surface area contributed by atoms with Gasteiger partial charge in [-0.3, -0.25) is 19.9 Å². The molecule has 7 nitrogen and oxygen atoms in total. The minimum atomic E-state index is -0.418. The number of primary amides is 1. The van der Waals surface area contributed by atoms with Gasteiger partial charge in [0.1, 0.15) is 5.69 Å². The van der Waals surface area contributed by atoms with Crippen molar-refractivity contribution in [1.29, 1.82) is 0 Å². The van der Waals surface area contributed by atoms with Crippen molar-refractivity contribution in [3.8, 4) is 0 Å². The maximum absolute atomic E-state index is 11.4. The molecule has 1 fully saturated rings. The summed E-state index contributed by atoms with van der Waals surface area (Å²) in [6.45, 7) is 2.04. The van der Waals surface area contributed by atoms with Gasteiger partial charge in [-0.1, -0.05) is 6.07 Å². The van der Waals surface area contributed by atoms with E-state index in [0.29, 0.717) is 13.1 Å². The third kappa shape index (κ3) is 3.27. The van der Waals surface area contributed by atoms with E-state index >= 15 is 0 Å². The molecule has 0 saturated carbocycles. The van der Waals surface area contributed by atoms with Gasteiger partial charge in [0.2, 0.25) is 5.91 Å². The van der Waals surface area contributed by atoms with E-state index in [4.69, 9.17) is 11.6 Å². The molecule has 0 bridgehead atoms. The van der Waals surface area contributed by atoms with Crippen LogP contribution in [0.5, 0.6) is 0 Å². The van der Waals surface area contributed by atoms with Gasteiger partial charge in [0, 0.05) is 13.1 Å². The molecule has 0 aromatic carbocycles. The number of hydrogen-bond donors (Lipinski definition) is 3. The van der Waals surface area contributed by atoms with E-state index < -0.39 is 5.91 Å². The molecule has 19 heavy (non-hydrogen) atoms. The van der Waals surface area contributed by atoms with Crippen LogP contribution in [-0.4, -0.2) is 34.8 Å². The van der Waals surface area contributed by atoms with E-state index in [1.165, 1.54) is 0 Å². The van der Waals surface area contributed by atoms with Crippen LogP contribution in [0.4, 0.5) is 0 Å². The van der Waals surface area contributed by atoms with Gasteiger partial charge >= 0.3 is 0 Å². The quantitative estimate of drug-likeness (QED) is 0.366. The summed E-state index contributed by atoms with van der Waals surface area (Å²) in [6.07, 6.45) is 0.776. The first-order valence-corrected chi connectivity index (χ1v) is 6.08. The van der Waals surface area contributed by atoms with Crippen LogP contribution in [0.15, 0.2) is 18.2 Å². The van der Waals surface area contributed by atoms with Gasteiger partial charge in [0.05, 0.1) is 11.6 Å². The second-order valence-electron chi connectivity index (χ2n) is 4.61. The normalized spacial score (nSPS) is 19.3. The van der Waals surface area contributed by atoms with Gasteiger partial charge in [0.25, 0.3) is 5.91 Å². The van der Waals surface area contributed by atoms with Crippen molar-refractivity contribution in [2.75, 3.05) is 13.1 Å². The molecule has 1 aromatic rings. The number of carbonyl (C=O) groups is 2. The summed E-state index contributed by atoms with van der Waals surface area (Å²) in [5, 5.41) is 0. The summed E-state index contributed by atoms with van der Waals surface area (Å²) >= 11 is 0. The molecule has 1 atom stereocenters. The summed E-state index contributed by atoms with van der Waals surface area (Å²) in [7, 11) is 0. The fraction of sp³-hybridized carbons (Fsp3) is 0.417. The third-order valence-corrected chi connectivity index (χ3v) is 3.23. The zero-order valence-corrected chi connectivity index (χ0v) is 10.5. The van der Waals surface area contributed by atoms with Gasteiger partial charge in [0.15, 0.2) is 0 Å². The molecule has 1 unspecified atom stereocenters. The molecule has 102 valence electrons. The minimum Gasteiger partial charge on any atom is -0.369 e. The van der Waals surface area contributed by atoms with Crippen molar-refractivity contribution < 1.29 is 9.59 Å². The summed E-state index contributed by atoms with van der Waals surface area (Å²) in [5.74, 6) is 4.30. The van der Waals surface area contributed by atoms with Gasteiger partial charge in [-0.15, -0.1) is 0 Å². The highest BCUT2D eigenvalue weighted by Gasteiger charge is 2.26. The average Bonchev–Trinajstić information content (AvgIpc) is 2.87. The molecule has 7 heteroatoms. The summed E-state index contributed by atoms with van der Waals surface area (Å²) in [6, 6.07) is 5.20. The zero-order valence-electron chi connectivity index (χ0n) is 10.5. The smallest absolute Gasteiger partial charge is 0.283 e. The van der Waals surface area contributed by atoms with E-state index in [2.05, 4.69) is 9.88 Å². The lowest BCUT2D eigenvalue weighted by molar-refractivity contribution is -0.121. The molecular formula is C12H17N5O2. The second kappa shape index (κ2) is 5.77. The Morgan fingerprint density at radius 2 is 2.26 bits per heavy atom. The number of aromatic nitrogens is 1. The predicted molar refractivity (Wildman–Crippen MR) is 68.5 cm³/mol. The largest absolute Gasteiger partial charge is 0.369 e. The number of nitrogen functional groups attached to an aromatic ring is 1. The molecule has 1 aromatic heterocycles. The van der Waals surface area contributed by atoms with Crippen LogP contribution in [0.25, 0.3) is 0 Å². The third-order valence-electron chi connectivity index (χ3n) is 3.23. The maximum atomic E-state index is 11.4. The topological polar surface area (TPSA) is 114 Å². The second-order valence-corrected chi connectivity index (χ2v) is 4.61. The van der Waals surface area contributed by atoms with Gasteiger partial charge in [-0.05, 0) is 25.1 Å².